The van der Waals surface area contributed by atoms with Crippen LogP contribution in [0.5, 0.6) is 5.75 Å². The second kappa shape index (κ2) is 8.50. The van der Waals surface area contributed by atoms with Crippen LogP contribution in [0.15, 0.2) is 18.2 Å². The molecule has 1 unspecified atom stereocenters. The van der Waals surface area contributed by atoms with Gasteiger partial charge in [0.05, 0.1) is 13.5 Å². The summed E-state index contributed by atoms with van der Waals surface area (Å²) in [6.45, 7) is 0.567. The molecule has 1 aromatic rings. The van der Waals surface area contributed by atoms with Crippen LogP contribution < -0.4 is 10.1 Å². The van der Waals surface area contributed by atoms with Gasteiger partial charge in [-0.05, 0) is 37.1 Å². The van der Waals surface area contributed by atoms with E-state index in [9.17, 15) is 9.18 Å². The maximum Gasteiger partial charge on any atom is 0.304 e. The summed E-state index contributed by atoms with van der Waals surface area (Å²) in [4.78, 5) is 10.8. The fourth-order valence-electron chi connectivity index (χ4n) is 1.93. The Morgan fingerprint density at radius 1 is 1.50 bits per heavy atom. The zero-order valence-corrected chi connectivity index (χ0v) is 11.4. The number of benzene rings is 1. The molecule has 0 heterocycles. The lowest BCUT2D eigenvalue weighted by atomic mass is 10.0. The van der Waals surface area contributed by atoms with Crippen molar-refractivity contribution >= 4 is 5.97 Å². The summed E-state index contributed by atoms with van der Waals surface area (Å²) < 4.78 is 18.4. The highest BCUT2D eigenvalue weighted by Crippen LogP contribution is 2.19. The predicted molar refractivity (Wildman–Crippen MR) is 72.4 cm³/mol. The quantitative estimate of drug-likeness (QED) is 0.594. The van der Waals surface area contributed by atoms with Gasteiger partial charge < -0.3 is 20.3 Å². The highest BCUT2D eigenvalue weighted by atomic mass is 19.1. The third-order valence-corrected chi connectivity index (χ3v) is 2.89. The molecule has 0 aliphatic heterocycles. The fourth-order valence-corrected chi connectivity index (χ4v) is 1.93. The van der Waals surface area contributed by atoms with Gasteiger partial charge in [0.2, 0.25) is 0 Å². The number of methoxy groups -OCH3 is 1. The van der Waals surface area contributed by atoms with E-state index < -0.39 is 11.8 Å². The average Bonchev–Trinajstić information content (AvgIpc) is 2.38. The van der Waals surface area contributed by atoms with Crippen molar-refractivity contribution in [1.29, 1.82) is 0 Å². The zero-order valence-electron chi connectivity index (χ0n) is 11.4. The molecule has 0 saturated carbocycles. The Morgan fingerprint density at radius 3 is 2.80 bits per heavy atom. The first-order chi connectivity index (χ1) is 9.56. The normalized spacial score (nSPS) is 12.2. The van der Waals surface area contributed by atoms with Crippen LogP contribution in [0.3, 0.4) is 0 Å². The lowest BCUT2D eigenvalue weighted by Gasteiger charge is -2.17. The van der Waals surface area contributed by atoms with Gasteiger partial charge in [-0.2, -0.15) is 0 Å². The van der Waals surface area contributed by atoms with Gasteiger partial charge in [-0.15, -0.1) is 0 Å². The van der Waals surface area contributed by atoms with E-state index in [2.05, 4.69) is 5.32 Å². The molecule has 112 valence electrons. The molecule has 1 aromatic carbocycles. The molecule has 0 aliphatic rings. The molecule has 0 bridgehead atoms. The number of carboxylic acid groups (broad SMARTS) is 1. The summed E-state index contributed by atoms with van der Waals surface area (Å²) in [6.07, 6.45) is 0.894. The van der Waals surface area contributed by atoms with E-state index >= 15 is 0 Å². The predicted octanol–water partition coefficient (Wildman–Crippen LogP) is 1.19. The number of hydrogen-bond acceptors (Lipinski definition) is 4. The molecule has 0 fully saturated rings. The van der Waals surface area contributed by atoms with E-state index in [0.717, 1.165) is 0 Å². The van der Waals surface area contributed by atoms with Crippen LogP contribution in [-0.4, -0.2) is 42.5 Å². The minimum atomic E-state index is -0.916. The van der Waals surface area contributed by atoms with Crippen LogP contribution in [0.1, 0.15) is 18.4 Å². The number of carbonyl (C=O) groups is 1. The molecular formula is C14H20FNO4. The number of halogens is 1. The van der Waals surface area contributed by atoms with Gasteiger partial charge >= 0.3 is 5.97 Å². The number of rotatable bonds is 9. The van der Waals surface area contributed by atoms with Gasteiger partial charge in [-0.3, -0.25) is 4.79 Å². The summed E-state index contributed by atoms with van der Waals surface area (Å²) in [6, 6.07) is 4.29. The van der Waals surface area contributed by atoms with Crippen LogP contribution in [0, 0.1) is 5.82 Å². The molecule has 20 heavy (non-hydrogen) atoms. The van der Waals surface area contributed by atoms with Gasteiger partial charge in [0.25, 0.3) is 0 Å². The monoisotopic (exact) mass is 285 g/mol. The average molecular weight is 285 g/mol. The third-order valence-electron chi connectivity index (χ3n) is 2.89. The van der Waals surface area contributed by atoms with E-state index in [4.69, 9.17) is 14.9 Å². The number of aliphatic hydroxyl groups is 1. The Balaban J connectivity index is 2.67. The first kappa shape index (κ1) is 16.4. The maximum absolute atomic E-state index is 13.6. The minimum absolute atomic E-state index is 0.0456. The Kier molecular flexibility index (Phi) is 6.97. The van der Waals surface area contributed by atoms with E-state index in [1.807, 2.05) is 0 Å². The highest BCUT2D eigenvalue weighted by molar-refractivity contribution is 5.67. The van der Waals surface area contributed by atoms with Crippen LogP contribution in [0.25, 0.3) is 0 Å². The zero-order chi connectivity index (χ0) is 15.0. The standard InChI is InChI=1S/C14H20FNO4/c1-20-13-4-3-10(8-12(13)15)7-11(9-14(18)19)16-5-2-6-17/h3-4,8,11,16-17H,2,5-7,9H2,1H3,(H,18,19). The molecule has 1 rings (SSSR count). The van der Waals surface area contributed by atoms with E-state index in [0.29, 0.717) is 24.9 Å². The first-order valence-electron chi connectivity index (χ1n) is 6.45. The molecule has 0 saturated heterocycles. The molecule has 0 aromatic heterocycles. The number of ether oxygens (including phenoxy) is 1. The summed E-state index contributed by atoms with van der Waals surface area (Å²) in [7, 11) is 1.39. The number of carboxylic acids is 1. The third kappa shape index (κ3) is 5.54. The largest absolute Gasteiger partial charge is 0.494 e. The Labute approximate surface area is 117 Å². The minimum Gasteiger partial charge on any atom is -0.494 e. The van der Waals surface area contributed by atoms with Crippen molar-refractivity contribution in [2.45, 2.75) is 25.3 Å². The second-order valence-corrected chi connectivity index (χ2v) is 4.50. The lowest BCUT2D eigenvalue weighted by Crippen LogP contribution is -2.34. The van der Waals surface area contributed by atoms with Crippen LogP contribution in [0.2, 0.25) is 0 Å². The summed E-state index contributed by atoms with van der Waals surface area (Å²) in [5.74, 6) is -1.22. The molecule has 1 atom stereocenters. The molecule has 3 N–H and O–H groups in total. The Morgan fingerprint density at radius 2 is 2.25 bits per heavy atom. The topological polar surface area (TPSA) is 78.8 Å². The molecule has 0 aliphatic carbocycles. The van der Waals surface area contributed by atoms with Crippen molar-refractivity contribution in [3.8, 4) is 5.75 Å². The van der Waals surface area contributed by atoms with Crippen LogP contribution >= 0.6 is 0 Å². The smallest absolute Gasteiger partial charge is 0.304 e. The molecule has 0 spiro atoms. The molecule has 6 heteroatoms. The summed E-state index contributed by atoms with van der Waals surface area (Å²) >= 11 is 0. The molecule has 5 nitrogen and oxygen atoms in total. The van der Waals surface area contributed by atoms with Crippen molar-refractivity contribution in [3.05, 3.63) is 29.6 Å². The summed E-state index contributed by atoms with van der Waals surface area (Å²) in [5.41, 5.74) is 0.700. The van der Waals surface area contributed by atoms with Crippen molar-refractivity contribution < 1.29 is 24.1 Å². The number of aliphatic carboxylic acids is 1. The highest BCUT2D eigenvalue weighted by Gasteiger charge is 2.14. The van der Waals surface area contributed by atoms with E-state index in [-0.39, 0.29) is 24.8 Å². The first-order valence-corrected chi connectivity index (χ1v) is 6.45. The number of nitrogens with one attached hydrogen (secondary N) is 1. The van der Waals surface area contributed by atoms with Crippen molar-refractivity contribution in [1.82, 2.24) is 5.32 Å². The second-order valence-electron chi connectivity index (χ2n) is 4.50. The number of hydrogen-bond donors (Lipinski definition) is 3. The van der Waals surface area contributed by atoms with Crippen molar-refractivity contribution in [3.63, 3.8) is 0 Å². The maximum atomic E-state index is 13.6. The van der Waals surface area contributed by atoms with E-state index in [1.54, 1.807) is 6.07 Å². The van der Waals surface area contributed by atoms with Gasteiger partial charge in [-0.25, -0.2) is 4.39 Å². The van der Waals surface area contributed by atoms with Gasteiger partial charge in [0, 0.05) is 12.6 Å². The Bertz CT molecular complexity index is 439. The van der Waals surface area contributed by atoms with Crippen molar-refractivity contribution in [2.24, 2.45) is 0 Å². The summed E-state index contributed by atoms with van der Waals surface area (Å²) in [5, 5.41) is 20.7. The van der Waals surface area contributed by atoms with Crippen LogP contribution in [-0.2, 0) is 11.2 Å². The fraction of sp³-hybridized carbons (Fsp3) is 0.500. The molecule has 0 radical (unpaired) electrons. The van der Waals surface area contributed by atoms with Gasteiger partial charge in [0.1, 0.15) is 0 Å². The van der Waals surface area contributed by atoms with Gasteiger partial charge in [-0.1, -0.05) is 6.07 Å². The Hall–Kier alpha value is -1.66. The SMILES string of the molecule is COc1ccc(CC(CC(=O)O)NCCCO)cc1F. The van der Waals surface area contributed by atoms with Crippen LogP contribution in [0.4, 0.5) is 4.39 Å². The number of aliphatic hydroxyl groups excluding tert-OH is 1. The van der Waals surface area contributed by atoms with Crippen molar-refractivity contribution in [2.75, 3.05) is 20.3 Å². The van der Waals surface area contributed by atoms with Gasteiger partial charge in [0.15, 0.2) is 11.6 Å². The molecular weight excluding hydrogens is 265 g/mol. The van der Waals surface area contributed by atoms with E-state index in [1.165, 1.54) is 19.2 Å². The lowest BCUT2D eigenvalue weighted by molar-refractivity contribution is -0.137. The molecule has 0 amide bonds.